The summed E-state index contributed by atoms with van der Waals surface area (Å²) in [4.78, 5) is 12.6. The molecular weight excluding hydrogens is 240 g/mol. The molecule has 0 bridgehead atoms. The van der Waals surface area contributed by atoms with E-state index in [1.54, 1.807) is 0 Å². The zero-order valence-corrected chi connectivity index (χ0v) is 11.3. The molecule has 1 aliphatic heterocycles. The standard InChI is InChI=1S/C15H22N2O2/c18-13-16-8-11-19-15-6-9-17(10-7-15)12-14-4-2-1-3-5-14/h1-5,13,15H,6-12H2,(H,16,18). The Kier molecular flexibility index (Phi) is 5.85. The number of carbonyl (C=O) groups excluding carboxylic acids is 1. The first-order valence-electron chi connectivity index (χ1n) is 6.93. The maximum atomic E-state index is 10.1. The highest BCUT2D eigenvalue weighted by molar-refractivity contribution is 5.45. The second-order valence-electron chi connectivity index (χ2n) is 4.90. The first-order valence-corrected chi connectivity index (χ1v) is 6.93. The maximum Gasteiger partial charge on any atom is 0.207 e. The lowest BCUT2D eigenvalue weighted by molar-refractivity contribution is -0.109. The van der Waals surface area contributed by atoms with Crippen molar-refractivity contribution < 1.29 is 9.53 Å². The molecule has 0 aromatic heterocycles. The van der Waals surface area contributed by atoms with Crippen LogP contribution in [0, 0.1) is 0 Å². The molecule has 0 atom stereocenters. The van der Waals surface area contributed by atoms with Crippen molar-refractivity contribution in [2.45, 2.75) is 25.5 Å². The van der Waals surface area contributed by atoms with Crippen LogP contribution in [0.2, 0.25) is 0 Å². The van der Waals surface area contributed by atoms with Crippen molar-refractivity contribution in [2.24, 2.45) is 0 Å². The Bertz CT molecular complexity index is 362. The number of piperidine rings is 1. The Balaban J connectivity index is 1.64. The van der Waals surface area contributed by atoms with Gasteiger partial charge in [0.1, 0.15) is 0 Å². The third kappa shape index (κ3) is 5.01. The SMILES string of the molecule is O=CNCCOC1CCN(Cc2ccccc2)CC1. The van der Waals surface area contributed by atoms with E-state index in [0.29, 0.717) is 25.7 Å². The highest BCUT2D eigenvalue weighted by atomic mass is 16.5. The molecule has 0 aliphatic carbocycles. The zero-order valence-electron chi connectivity index (χ0n) is 11.3. The summed E-state index contributed by atoms with van der Waals surface area (Å²) >= 11 is 0. The van der Waals surface area contributed by atoms with Gasteiger partial charge in [-0.25, -0.2) is 0 Å². The van der Waals surface area contributed by atoms with Crippen LogP contribution in [-0.2, 0) is 16.1 Å². The monoisotopic (exact) mass is 262 g/mol. The minimum absolute atomic E-state index is 0.348. The highest BCUT2D eigenvalue weighted by Gasteiger charge is 2.19. The van der Waals surface area contributed by atoms with Gasteiger partial charge < -0.3 is 10.1 Å². The number of rotatable bonds is 7. The molecular formula is C15H22N2O2. The van der Waals surface area contributed by atoms with Crippen molar-refractivity contribution >= 4 is 6.41 Å². The Morgan fingerprint density at radius 1 is 1.26 bits per heavy atom. The van der Waals surface area contributed by atoms with Gasteiger partial charge in [0.05, 0.1) is 12.7 Å². The van der Waals surface area contributed by atoms with Crippen LogP contribution in [0.3, 0.4) is 0 Å². The molecule has 1 N–H and O–H groups in total. The van der Waals surface area contributed by atoms with Crippen LogP contribution in [0.1, 0.15) is 18.4 Å². The molecule has 0 unspecified atom stereocenters. The Labute approximate surface area is 114 Å². The van der Waals surface area contributed by atoms with Crippen LogP contribution in [0.15, 0.2) is 30.3 Å². The van der Waals surface area contributed by atoms with Gasteiger partial charge in [0.15, 0.2) is 0 Å². The van der Waals surface area contributed by atoms with Gasteiger partial charge in [-0.15, -0.1) is 0 Å². The van der Waals surface area contributed by atoms with Gasteiger partial charge in [-0.3, -0.25) is 9.69 Å². The maximum absolute atomic E-state index is 10.1. The number of nitrogens with zero attached hydrogens (tertiary/aromatic N) is 1. The summed E-state index contributed by atoms with van der Waals surface area (Å²) in [6, 6.07) is 10.6. The second kappa shape index (κ2) is 7.92. The van der Waals surface area contributed by atoms with Gasteiger partial charge in [0.25, 0.3) is 0 Å². The van der Waals surface area contributed by atoms with Gasteiger partial charge in [-0.05, 0) is 18.4 Å². The van der Waals surface area contributed by atoms with E-state index in [1.807, 2.05) is 0 Å². The number of hydrogen-bond donors (Lipinski definition) is 1. The molecule has 1 aromatic rings. The topological polar surface area (TPSA) is 41.6 Å². The molecule has 2 rings (SSSR count). The summed E-state index contributed by atoms with van der Waals surface area (Å²) in [5, 5.41) is 2.61. The molecule has 0 radical (unpaired) electrons. The van der Waals surface area contributed by atoms with Crippen molar-refractivity contribution in [1.29, 1.82) is 0 Å². The number of hydrogen-bond acceptors (Lipinski definition) is 3. The fourth-order valence-corrected chi connectivity index (χ4v) is 2.42. The van der Waals surface area contributed by atoms with Crippen molar-refractivity contribution in [3.63, 3.8) is 0 Å². The van der Waals surface area contributed by atoms with Crippen LogP contribution >= 0.6 is 0 Å². The second-order valence-corrected chi connectivity index (χ2v) is 4.90. The van der Waals surface area contributed by atoms with Gasteiger partial charge in [-0.1, -0.05) is 30.3 Å². The molecule has 4 nitrogen and oxygen atoms in total. The van der Waals surface area contributed by atoms with E-state index in [-0.39, 0.29) is 0 Å². The van der Waals surface area contributed by atoms with E-state index in [2.05, 4.69) is 40.5 Å². The zero-order chi connectivity index (χ0) is 13.3. The predicted octanol–water partition coefficient (Wildman–Crippen LogP) is 1.41. The average Bonchev–Trinajstić information content (AvgIpc) is 2.46. The van der Waals surface area contributed by atoms with Crippen molar-refractivity contribution in [3.8, 4) is 0 Å². The molecule has 1 aromatic carbocycles. The van der Waals surface area contributed by atoms with Gasteiger partial charge in [0, 0.05) is 26.2 Å². The summed E-state index contributed by atoms with van der Waals surface area (Å²) in [5.74, 6) is 0. The largest absolute Gasteiger partial charge is 0.376 e. The Morgan fingerprint density at radius 3 is 2.68 bits per heavy atom. The molecule has 104 valence electrons. The average molecular weight is 262 g/mol. The number of amides is 1. The lowest BCUT2D eigenvalue weighted by Crippen LogP contribution is -2.37. The summed E-state index contributed by atoms with van der Waals surface area (Å²) in [6.45, 7) is 4.41. The van der Waals surface area contributed by atoms with Crippen molar-refractivity contribution in [3.05, 3.63) is 35.9 Å². The first kappa shape index (κ1) is 14.0. The molecule has 19 heavy (non-hydrogen) atoms. The van der Waals surface area contributed by atoms with E-state index in [9.17, 15) is 4.79 Å². The number of likely N-dealkylation sites (tertiary alicyclic amines) is 1. The minimum Gasteiger partial charge on any atom is -0.376 e. The number of benzene rings is 1. The molecule has 1 heterocycles. The van der Waals surface area contributed by atoms with Crippen LogP contribution in [0.25, 0.3) is 0 Å². The minimum atomic E-state index is 0.348. The third-order valence-electron chi connectivity index (χ3n) is 3.47. The number of nitrogens with one attached hydrogen (secondary N) is 1. The summed E-state index contributed by atoms with van der Waals surface area (Å²) < 4.78 is 5.74. The van der Waals surface area contributed by atoms with Gasteiger partial charge >= 0.3 is 0 Å². The molecule has 1 fully saturated rings. The van der Waals surface area contributed by atoms with E-state index >= 15 is 0 Å². The van der Waals surface area contributed by atoms with Crippen LogP contribution < -0.4 is 5.32 Å². The lowest BCUT2D eigenvalue weighted by Gasteiger charge is -2.31. The van der Waals surface area contributed by atoms with E-state index in [0.717, 1.165) is 32.5 Å². The quantitative estimate of drug-likeness (QED) is 0.597. The number of carbonyl (C=O) groups is 1. The van der Waals surface area contributed by atoms with Crippen LogP contribution in [-0.4, -0.2) is 43.7 Å². The Hall–Kier alpha value is -1.39. The van der Waals surface area contributed by atoms with Crippen molar-refractivity contribution in [2.75, 3.05) is 26.2 Å². The van der Waals surface area contributed by atoms with E-state index in [1.165, 1.54) is 5.56 Å². The fourth-order valence-electron chi connectivity index (χ4n) is 2.42. The fraction of sp³-hybridized carbons (Fsp3) is 0.533. The first-order chi connectivity index (χ1) is 9.38. The van der Waals surface area contributed by atoms with E-state index in [4.69, 9.17) is 4.74 Å². The lowest BCUT2D eigenvalue weighted by atomic mass is 10.1. The summed E-state index contributed by atoms with van der Waals surface area (Å²) in [7, 11) is 0. The van der Waals surface area contributed by atoms with Crippen LogP contribution in [0.4, 0.5) is 0 Å². The van der Waals surface area contributed by atoms with Crippen LogP contribution in [0.5, 0.6) is 0 Å². The molecule has 4 heteroatoms. The number of ether oxygens (including phenoxy) is 1. The molecule has 1 aliphatic rings. The van der Waals surface area contributed by atoms with Gasteiger partial charge in [-0.2, -0.15) is 0 Å². The molecule has 1 saturated heterocycles. The summed E-state index contributed by atoms with van der Waals surface area (Å²) in [5.41, 5.74) is 1.37. The van der Waals surface area contributed by atoms with Crippen molar-refractivity contribution in [1.82, 2.24) is 10.2 Å². The predicted molar refractivity (Wildman–Crippen MR) is 74.8 cm³/mol. The third-order valence-corrected chi connectivity index (χ3v) is 3.47. The molecule has 0 saturated carbocycles. The molecule has 1 amide bonds. The van der Waals surface area contributed by atoms with E-state index < -0.39 is 0 Å². The Morgan fingerprint density at radius 2 is 2.00 bits per heavy atom. The molecule has 0 spiro atoms. The smallest absolute Gasteiger partial charge is 0.207 e. The summed E-state index contributed by atoms with van der Waals surface area (Å²) in [6.07, 6.45) is 3.22. The van der Waals surface area contributed by atoms with Gasteiger partial charge in [0.2, 0.25) is 6.41 Å². The normalized spacial score (nSPS) is 17.3. The highest BCUT2D eigenvalue weighted by Crippen LogP contribution is 2.15.